The third kappa shape index (κ3) is 1.91. The van der Waals surface area contributed by atoms with E-state index in [1.807, 2.05) is 0 Å². The molecule has 0 amide bonds. The highest BCUT2D eigenvalue weighted by molar-refractivity contribution is 7.21. The van der Waals surface area contributed by atoms with Crippen molar-refractivity contribution in [3.8, 4) is 5.88 Å². The first-order chi connectivity index (χ1) is 6.65. The van der Waals surface area contributed by atoms with Crippen LogP contribution in [0.5, 0.6) is 5.88 Å². The monoisotopic (exact) mass is 236 g/mol. The van der Waals surface area contributed by atoms with Gasteiger partial charge in [-0.2, -0.15) is 8.78 Å². The van der Waals surface area contributed by atoms with E-state index in [0.717, 1.165) is 11.3 Å². The third-order valence-electron chi connectivity index (χ3n) is 1.41. The smallest absolute Gasteiger partial charge is 0.388 e. The Kier molecular flexibility index (Phi) is 2.47. The molecular weight excluding hydrogens is 234 g/mol. The summed E-state index contributed by atoms with van der Waals surface area (Å²) in [5, 5.41) is 0. The molecule has 3 nitrogen and oxygen atoms in total. The molecule has 2 aromatic rings. The molecule has 74 valence electrons. The summed E-state index contributed by atoms with van der Waals surface area (Å²) in [7, 11) is 0. The molecule has 0 saturated heterocycles. The summed E-state index contributed by atoms with van der Waals surface area (Å²) in [5.41, 5.74) is 0.571. The number of fused-ring (bicyclic) bond motifs is 1. The number of hydrogen-bond donors (Lipinski definition) is 0. The number of hydrogen-bond acceptors (Lipinski definition) is 4. The number of pyridine rings is 1. The van der Waals surface area contributed by atoms with Gasteiger partial charge in [-0.15, -0.1) is 0 Å². The van der Waals surface area contributed by atoms with E-state index in [1.165, 1.54) is 12.1 Å². The molecule has 0 aliphatic carbocycles. The average Bonchev–Trinajstić information content (AvgIpc) is 2.42. The number of thiazole rings is 1. The Morgan fingerprint density at radius 2 is 2.14 bits per heavy atom. The normalized spacial score (nSPS) is 11.1. The van der Waals surface area contributed by atoms with Crippen LogP contribution in [0, 0.1) is 0 Å². The molecule has 2 heterocycles. The van der Waals surface area contributed by atoms with Gasteiger partial charge < -0.3 is 4.74 Å². The summed E-state index contributed by atoms with van der Waals surface area (Å²) in [4.78, 5) is 8.20. The minimum atomic E-state index is -2.87. The zero-order valence-electron chi connectivity index (χ0n) is 6.58. The van der Waals surface area contributed by atoms with E-state index in [1.54, 1.807) is 0 Å². The van der Waals surface area contributed by atoms with Gasteiger partial charge in [0.05, 0.1) is 0 Å². The molecule has 0 bridgehead atoms. The van der Waals surface area contributed by atoms with Crippen LogP contribution in [0.2, 0.25) is 4.47 Å². The summed E-state index contributed by atoms with van der Waals surface area (Å²) in [6.07, 6.45) is 0. The topological polar surface area (TPSA) is 35.0 Å². The SMILES string of the molecule is FC(F)Oc1ccc2nc(Cl)sc2n1. The highest BCUT2D eigenvalue weighted by Crippen LogP contribution is 2.26. The maximum absolute atomic E-state index is 11.8. The molecule has 0 aliphatic heterocycles. The molecule has 0 fully saturated rings. The second-order valence-electron chi connectivity index (χ2n) is 2.32. The Balaban J connectivity index is 2.40. The van der Waals surface area contributed by atoms with Gasteiger partial charge in [-0.25, -0.2) is 9.97 Å². The van der Waals surface area contributed by atoms with Crippen molar-refractivity contribution >= 4 is 33.3 Å². The largest absolute Gasteiger partial charge is 0.417 e. The summed E-state index contributed by atoms with van der Waals surface area (Å²) >= 11 is 6.73. The fraction of sp³-hybridized carbons (Fsp3) is 0.143. The Morgan fingerprint density at radius 1 is 1.36 bits per heavy atom. The number of aromatic nitrogens is 2. The highest BCUT2D eigenvalue weighted by atomic mass is 35.5. The minimum absolute atomic E-state index is 0.132. The Bertz CT molecular complexity index is 462. The van der Waals surface area contributed by atoms with Crippen molar-refractivity contribution in [1.29, 1.82) is 0 Å². The minimum Gasteiger partial charge on any atom is -0.417 e. The van der Waals surface area contributed by atoms with Crippen molar-refractivity contribution in [1.82, 2.24) is 9.97 Å². The Morgan fingerprint density at radius 3 is 2.86 bits per heavy atom. The number of nitrogens with zero attached hydrogens (tertiary/aromatic N) is 2. The summed E-state index contributed by atoms with van der Waals surface area (Å²) < 4.78 is 28.1. The lowest BCUT2D eigenvalue weighted by atomic mass is 10.4. The van der Waals surface area contributed by atoms with Crippen LogP contribution < -0.4 is 4.74 Å². The molecule has 14 heavy (non-hydrogen) atoms. The molecule has 0 unspecified atom stereocenters. The molecule has 0 radical (unpaired) electrons. The zero-order chi connectivity index (χ0) is 10.1. The van der Waals surface area contributed by atoms with Crippen molar-refractivity contribution in [3.63, 3.8) is 0 Å². The lowest BCUT2D eigenvalue weighted by Gasteiger charge is -2.01. The fourth-order valence-corrected chi connectivity index (χ4v) is 1.90. The quantitative estimate of drug-likeness (QED) is 0.804. The molecule has 0 aliphatic rings. The summed E-state index contributed by atoms with van der Waals surface area (Å²) in [5.74, 6) is -0.132. The average molecular weight is 237 g/mol. The predicted molar refractivity (Wildman–Crippen MR) is 49.1 cm³/mol. The van der Waals surface area contributed by atoms with E-state index >= 15 is 0 Å². The van der Waals surface area contributed by atoms with Gasteiger partial charge in [-0.1, -0.05) is 22.9 Å². The second kappa shape index (κ2) is 3.62. The number of ether oxygens (including phenoxy) is 1. The first kappa shape index (κ1) is 9.54. The van der Waals surface area contributed by atoms with Gasteiger partial charge in [0.25, 0.3) is 0 Å². The molecular formula is C7H3ClF2N2OS. The molecule has 2 rings (SSSR count). The van der Waals surface area contributed by atoms with E-state index < -0.39 is 6.61 Å². The standard InChI is InChI=1S/C7H3ClF2N2OS/c8-6-11-3-1-2-4(13-7(9)10)12-5(3)14-6/h1-2,7H. The van der Waals surface area contributed by atoms with Gasteiger partial charge in [0.15, 0.2) is 4.47 Å². The zero-order valence-corrected chi connectivity index (χ0v) is 8.15. The first-order valence-electron chi connectivity index (χ1n) is 3.53. The van der Waals surface area contributed by atoms with Crippen LogP contribution in [0.1, 0.15) is 0 Å². The molecule has 2 aromatic heterocycles. The van der Waals surface area contributed by atoms with Crippen molar-refractivity contribution in [3.05, 3.63) is 16.6 Å². The van der Waals surface area contributed by atoms with E-state index in [2.05, 4.69) is 14.7 Å². The van der Waals surface area contributed by atoms with E-state index in [-0.39, 0.29) is 5.88 Å². The molecule has 0 saturated carbocycles. The van der Waals surface area contributed by atoms with Gasteiger partial charge >= 0.3 is 6.61 Å². The summed E-state index contributed by atoms with van der Waals surface area (Å²) in [6, 6.07) is 2.85. The van der Waals surface area contributed by atoms with Crippen molar-refractivity contribution in [2.75, 3.05) is 0 Å². The molecule has 0 atom stereocenters. The molecule has 0 spiro atoms. The van der Waals surface area contributed by atoms with Gasteiger partial charge in [0, 0.05) is 6.07 Å². The highest BCUT2D eigenvalue weighted by Gasteiger charge is 2.08. The summed E-state index contributed by atoms with van der Waals surface area (Å²) in [6.45, 7) is -2.87. The van der Waals surface area contributed by atoms with Crippen LogP contribution >= 0.6 is 22.9 Å². The lowest BCUT2D eigenvalue weighted by Crippen LogP contribution is -2.02. The van der Waals surface area contributed by atoms with Gasteiger partial charge in [-0.05, 0) is 6.07 Å². The lowest BCUT2D eigenvalue weighted by molar-refractivity contribution is -0.0526. The second-order valence-corrected chi connectivity index (χ2v) is 3.88. The number of rotatable bonds is 2. The van der Waals surface area contributed by atoms with Gasteiger partial charge in [0.1, 0.15) is 10.3 Å². The van der Waals surface area contributed by atoms with Gasteiger partial charge in [-0.3, -0.25) is 0 Å². The van der Waals surface area contributed by atoms with Crippen LogP contribution in [0.15, 0.2) is 12.1 Å². The number of halogens is 3. The van der Waals surface area contributed by atoms with Crippen LogP contribution in [0.25, 0.3) is 10.3 Å². The predicted octanol–water partition coefficient (Wildman–Crippen LogP) is 2.95. The van der Waals surface area contributed by atoms with Crippen molar-refractivity contribution in [2.45, 2.75) is 6.61 Å². The third-order valence-corrected chi connectivity index (χ3v) is 2.48. The molecule has 7 heteroatoms. The Labute approximate surface area is 86.3 Å². The first-order valence-corrected chi connectivity index (χ1v) is 4.72. The van der Waals surface area contributed by atoms with Crippen LogP contribution in [0.4, 0.5) is 8.78 Å². The maximum Gasteiger partial charge on any atom is 0.388 e. The van der Waals surface area contributed by atoms with Crippen molar-refractivity contribution in [2.24, 2.45) is 0 Å². The van der Waals surface area contributed by atoms with E-state index in [9.17, 15) is 8.78 Å². The van der Waals surface area contributed by atoms with Crippen LogP contribution in [-0.2, 0) is 0 Å². The van der Waals surface area contributed by atoms with E-state index in [4.69, 9.17) is 11.6 Å². The van der Waals surface area contributed by atoms with Crippen molar-refractivity contribution < 1.29 is 13.5 Å². The maximum atomic E-state index is 11.8. The van der Waals surface area contributed by atoms with Crippen LogP contribution in [-0.4, -0.2) is 16.6 Å². The Hall–Kier alpha value is -1.01. The fourth-order valence-electron chi connectivity index (χ4n) is 0.931. The van der Waals surface area contributed by atoms with Gasteiger partial charge in [0.2, 0.25) is 5.88 Å². The van der Waals surface area contributed by atoms with Crippen LogP contribution in [0.3, 0.4) is 0 Å². The van der Waals surface area contributed by atoms with E-state index in [0.29, 0.717) is 14.8 Å². The molecule has 0 N–H and O–H groups in total. The molecule has 0 aromatic carbocycles. The number of alkyl halides is 2.